The summed E-state index contributed by atoms with van der Waals surface area (Å²) in [6, 6.07) is 0. The first-order valence-corrected chi connectivity index (χ1v) is 7.07. The van der Waals surface area contributed by atoms with Crippen molar-refractivity contribution in [3.63, 3.8) is 0 Å². The fourth-order valence-electron chi connectivity index (χ4n) is 2.95. The summed E-state index contributed by atoms with van der Waals surface area (Å²) in [4.78, 5) is 12.3. The van der Waals surface area contributed by atoms with Gasteiger partial charge < -0.3 is 4.74 Å². The molecule has 0 saturated heterocycles. The Balaban J connectivity index is 2.69. The summed E-state index contributed by atoms with van der Waals surface area (Å²) in [5.74, 6) is 0.00850. The molecule has 0 radical (unpaired) electrons. The van der Waals surface area contributed by atoms with Crippen LogP contribution in [0.5, 0.6) is 0 Å². The van der Waals surface area contributed by atoms with Gasteiger partial charge in [0.1, 0.15) is 6.10 Å². The van der Waals surface area contributed by atoms with Crippen LogP contribution in [0.4, 0.5) is 0 Å². The van der Waals surface area contributed by atoms with Crippen molar-refractivity contribution in [1.82, 2.24) is 0 Å². The molecule has 0 amide bonds. The zero-order chi connectivity index (χ0) is 14.1. The molecule has 1 atom stereocenters. The topological polar surface area (TPSA) is 26.3 Å². The molecule has 1 saturated carbocycles. The summed E-state index contributed by atoms with van der Waals surface area (Å²) in [6.07, 6.45) is 3.93. The second-order valence-electron chi connectivity index (χ2n) is 6.57. The van der Waals surface area contributed by atoms with Crippen molar-refractivity contribution in [1.29, 1.82) is 0 Å². The lowest BCUT2D eigenvalue weighted by molar-refractivity contribution is -0.150. The summed E-state index contributed by atoms with van der Waals surface area (Å²) < 4.78 is 5.70. The van der Waals surface area contributed by atoms with Crippen LogP contribution in [0, 0.1) is 16.7 Å². The molecule has 0 aliphatic heterocycles. The molecule has 0 N–H and O–H groups in total. The summed E-state index contributed by atoms with van der Waals surface area (Å²) in [5, 5.41) is 0. The molecule has 0 aromatic rings. The molecule has 2 nitrogen and oxygen atoms in total. The third kappa shape index (κ3) is 2.48. The van der Waals surface area contributed by atoms with Gasteiger partial charge in [0.2, 0.25) is 0 Å². The first kappa shape index (κ1) is 15.3. The molecule has 0 heterocycles. The highest BCUT2D eigenvalue weighted by Crippen LogP contribution is 2.68. The largest absolute Gasteiger partial charge is 0.458 e. The number of ether oxygens (including phenoxy) is 1. The minimum Gasteiger partial charge on any atom is -0.458 e. The summed E-state index contributed by atoms with van der Waals surface area (Å²) >= 11 is 0. The molecule has 1 unspecified atom stereocenters. The van der Waals surface area contributed by atoms with Crippen molar-refractivity contribution in [2.75, 3.05) is 0 Å². The molecule has 0 bridgehead atoms. The van der Waals surface area contributed by atoms with Crippen molar-refractivity contribution in [3.8, 4) is 0 Å². The molecule has 104 valence electrons. The normalized spacial score (nSPS) is 23.6. The molecule has 0 aromatic heterocycles. The maximum Gasteiger partial charge on any atom is 0.310 e. The first-order chi connectivity index (χ1) is 8.20. The highest BCUT2D eigenvalue weighted by Gasteiger charge is 2.69. The number of hydrogen-bond acceptors (Lipinski definition) is 2. The van der Waals surface area contributed by atoms with Crippen LogP contribution < -0.4 is 0 Å². The van der Waals surface area contributed by atoms with Gasteiger partial charge in [-0.1, -0.05) is 47.6 Å². The second kappa shape index (κ2) is 5.07. The maximum atomic E-state index is 12.3. The Morgan fingerprint density at radius 2 is 1.72 bits per heavy atom. The van der Waals surface area contributed by atoms with Crippen LogP contribution in [0.1, 0.15) is 61.3 Å². The van der Waals surface area contributed by atoms with Crippen LogP contribution in [0.2, 0.25) is 0 Å². The van der Waals surface area contributed by atoms with Gasteiger partial charge in [0.15, 0.2) is 0 Å². The Morgan fingerprint density at radius 3 is 2.06 bits per heavy atom. The number of hydrogen-bond donors (Lipinski definition) is 0. The Kier molecular flexibility index (Phi) is 4.30. The van der Waals surface area contributed by atoms with E-state index in [0.29, 0.717) is 0 Å². The zero-order valence-electron chi connectivity index (χ0n) is 13.0. The van der Waals surface area contributed by atoms with E-state index in [1.54, 1.807) is 0 Å². The SMILES string of the molecule is CC/C=C(\C)C(CC)OC(=O)C1C(C)(C)C1(C)C. The van der Waals surface area contributed by atoms with E-state index in [4.69, 9.17) is 4.74 Å². The van der Waals surface area contributed by atoms with E-state index in [1.165, 1.54) is 5.57 Å². The van der Waals surface area contributed by atoms with Crippen molar-refractivity contribution < 1.29 is 9.53 Å². The van der Waals surface area contributed by atoms with E-state index in [2.05, 4.69) is 47.6 Å². The molecule has 1 aliphatic carbocycles. The smallest absolute Gasteiger partial charge is 0.310 e. The Morgan fingerprint density at radius 1 is 1.22 bits per heavy atom. The predicted molar refractivity (Wildman–Crippen MR) is 75.3 cm³/mol. The molecular formula is C16H28O2. The van der Waals surface area contributed by atoms with E-state index in [1.807, 2.05) is 6.92 Å². The number of carbonyl (C=O) groups excluding carboxylic acids is 1. The Bertz CT molecular complexity index is 336. The first-order valence-electron chi connectivity index (χ1n) is 7.07. The number of allylic oxidation sites excluding steroid dienone is 1. The van der Waals surface area contributed by atoms with Crippen LogP contribution >= 0.6 is 0 Å². The molecule has 18 heavy (non-hydrogen) atoms. The monoisotopic (exact) mass is 252 g/mol. The van der Waals surface area contributed by atoms with Crippen molar-refractivity contribution >= 4 is 5.97 Å². The molecule has 1 fully saturated rings. The zero-order valence-corrected chi connectivity index (χ0v) is 13.0. The minimum atomic E-state index is -0.0513. The molecular weight excluding hydrogens is 224 g/mol. The van der Waals surface area contributed by atoms with Gasteiger partial charge in [-0.05, 0) is 36.2 Å². The molecule has 1 aliphatic rings. The van der Waals surface area contributed by atoms with Gasteiger partial charge in [-0.3, -0.25) is 4.79 Å². The van der Waals surface area contributed by atoms with E-state index < -0.39 is 0 Å². The molecule has 0 aromatic carbocycles. The quantitative estimate of drug-likeness (QED) is 0.537. The summed E-state index contributed by atoms with van der Waals surface area (Å²) in [7, 11) is 0. The summed E-state index contributed by atoms with van der Waals surface area (Å²) in [5.41, 5.74) is 1.29. The number of carbonyl (C=O) groups is 1. The lowest BCUT2D eigenvalue weighted by Gasteiger charge is -2.18. The van der Waals surface area contributed by atoms with Gasteiger partial charge >= 0.3 is 5.97 Å². The van der Waals surface area contributed by atoms with Gasteiger partial charge in [0.25, 0.3) is 0 Å². The highest BCUT2D eigenvalue weighted by atomic mass is 16.5. The van der Waals surface area contributed by atoms with Crippen molar-refractivity contribution in [2.45, 2.75) is 67.4 Å². The Hall–Kier alpha value is -0.790. The molecule has 2 heteroatoms. The Labute approximate surface area is 112 Å². The third-order valence-electron chi connectivity index (χ3n) is 4.92. The van der Waals surface area contributed by atoms with Crippen LogP contribution in [-0.2, 0) is 9.53 Å². The summed E-state index contributed by atoms with van der Waals surface area (Å²) in [6.45, 7) is 14.8. The lowest BCUT2D eigenvalue weighted by Crippen LogP contribution is -2.21. The minimum absolute atomic E-state index is 0.0271. The second-order valence-corrected chi connectivity index (χ2v) is 6.57. The van der Waals surface area contributed by atoms with E-state index >= 15 is 0 Å². The number of esters is 1. The lowest BCUT2D eigenvalue weighted by atomic mass is 10.0. The average molecular weight is 252 g/mol. The van der Waals surface area contributed by atoms with Crippen LogP contribution in [-0.4, -0.2) is 12.1 Å². The van der Waals surface area contributed by atoms with Crippen LogP contribution in [0.25, 0.3) is 0 Å². The number of rotatable bonds is 5. The van der Waals surface area contributed by atoms with Crippen molar-refractivity contribution in [3.05, 3.63) is 11.6 Å². The van der Waals surface area contributed by atoms with E-state index in [0.717, 1.165) is 12.8 Å². The average Bonchev–Trinajstić information content (AvgIpc) is 2.66. The highest BCUT2D eigenvalue weighted by molar-refractivity contribution is 5.79. The van der Waals surface area contributed by atoms with Gasteiger partial charge in [0, 0.05) is 0 Å². The third-order valence-corrected chi connectivity index (χ3v) is 4.92. The standard InChI is InChI=1S/C16H28O2/c1-8-10-11(3)12(9-2)18-14(17)13-15(4,5)16(13,6)7/h10,12-13H,8-9H2,1-7H3/b11-10+. The fraction of sp³-hybridized carbons (Fsp3) is 0.812. The van der Waals surface area contributed by atoms with Gasteiger partial charge in [-0.25, -0.2) is 0 Å². The van der Waals surface area contributed by atoms with Gasteiger partial charge in [-0.15, -0.1) is 0 Å². The van der Waals surface area contributed by atoms with E-state index in [-0.39, 0.29) is 28.8 Å². The van der Waals surface area contributed by atoms with E-state index in [9.17, 15) is 4.79 Å². The van der Waals surface area contributed by atoms with Crippen molar-refractivity contribution in [2.24, 2.45) is 16.7 Å². The van der Waals surface area contributed by atoms with Gasteiger partial charge in [0.05, 0.1) is 5.92 Å². The predicted octanol–water partition coefficient (Wildman–Crippen LogP) is 4.35. The van der Waals surface area contributed by atoms with Crippen LogP contribution in [0.3, 0.4) is 0 Å². The van der Waals surface area contributed by atoms with Crippen LogP contribution in [0.15, 0.2) is 11.6 Å². The van der Waals surface area contributed by atoms with Gasteiger partial charge in [-0.2, -0.15) is 0 Å². The molecule has 1 rings (SSSR count). The fourth-order valence-corrected chi connectivity index (χ4v) is 2.95. The molecule has 0 spiro atoms. The maximum absolute atomic E-state index is 12.3.